The molecule has 1 atom stereocenters. The maximum absolute atomic E-state index is 13.7. The molecular formula is C11H15Cl3FN. The molecule has 0 aromatic heterocycles. The molecule has 0 unspecified atom stereocenters. The van der Waals surface area contributed by atoms with E-state index in [1.807, 2.05) is 20.8 Å². The monoisotopic (exact) mass is 285 g/mol. The lowest BCUT2D eigenvalue weighted by atomic mass is 9.83. The standard InChI is InChI=1S/C11H14Cl2FN.ClH/c1-11(2,3)10(15)8-6(12)4-5-7(13)9(8)14;/h4-5,10H,15H2,1-3H3;1H/t10-;/m0./s1. The smallest absolute Gasteiger partial charge is 0.148 e. The van der Waals surface area contributed by atoms with Crippen LogP contribution in [0.15, 0.2) is 12.1 Å². The molecule has 2 N–H and O–H groups in total. The van der Waals surface area contributed by atoms with Crippen LogP contribution in [0, 0.1) is 11.2 Å². The molecule has 0 aliphatic carbocycles. The first-order valence-electron chi connectivity index (χ1n) is 4.64. The van der Waals surface area contributed by atoms with E-state index in [0.29, 0.717) is 5.02 Å². The molecule has 16 heavy (non-hydrogen) atoms. The van der Waals surface area contributed by atoms with Gasteiger partial charge in [0.1, 0.15) is 5.82 Å². The first-order valence-corrected chi connectivity index (χ1v) is 5.39. The molecule has 0 radical (unpaired) electrons. The van der Waals surface area contributed by atoms with Crippen LogP contribution in [0.3, 0.4) is 0 Å². The van der Waals surface area contributed by atoms with E-state index < -0.39 is 11.9 Å². The van der Waals surface area contributed by atoms with Crippen molar-refractivity contribution < 1.29 is 4.39 Å². The van der Waals surface area contributed by atoms with E-state index in [4.69, 9.17) is 28.9 Å². The third-order valence-corrected chi connectivity index (χ3v) is 2.94. The van der Waals surface area contributed by atoms with E-state index in [1.165, 1.54) is 6.07 Å². The second-order valence-corrected chi connectivity index (χ2v) is 5.41. The second-order valence-electron chi connectivity index (χ2n) is 4.60. The number of hydrogen-bond acceptors (Lipinski definition) is 1. The van der Waals surface area contributed by atoms with Gasteiger partial charge in [-0.3, -0.25) is 0 Å². The summed E-state index contributed by atoms with van der Waals surface area (Å²) < 4.78 is 13.7. The van der Waals surface area contributed by atoms with E-state index in [9.17, 15) is 4.39 Å². The number of nitrogens with two attached hydrogens (primary N) is 1. The predicted molar refractivity (Wildman–Crippen MR) is 70.1 cm³/mol. The van der Waals surface area contributed by atoms with Gasteiger partial charge in [-0.2, -0.15) is 0 Å². The van der Waals surface area contributed by atoms with Crippen molar-refractivity contribution in [1.29, 1.82) is 0 Å². The number of rotatable bonds is 1. The average molecular weight is 287 g/mol. The van der Waals surface area contributed by atoms with Crippen molar-refractivity contribution in [3.05, 3.63) is 33.6 Å². The second kappa shape index (κ2) is 5.54. The quantitative estimate of drug-likeness (QED) is 0.750. The molecule has 1 aromatic carbocycles. The van der Waals surface area contributed by atoms with E-state index in [0.717, 1.165) is 0 Å². The van der Waals surface area contributed by atoms with Crippen molar-refractivity contribution in [3.63, 3.8) is 0 Å². The Bertz CT molecular complexity index is 374. The molecule has 0 fully saturated rings. The highest BCUT2D eigenvalue weighted by Gasteiger charge is 2.27. The predicted octanol–water partition coefficient (Wildman–Crippen LogP) is 4.60. The first-order chi connectivity index (χ1) is 6.75. The van der Waals surface area contributed by atoms with Gasteiger partial charge in [-0.1, -0.05) is 44.0 Å². The summed E-state index contributed by atoms with van der Waals surface area (Å²) in [5.41, 5.74) is 5.98. The summed E-state index contributed by atoms with van der Waals surface area (Å²) in [6, 6.07) is 2.51. The van der Waals surface area contributed by atoms with E-state index in [1.54, 1.807) is 6.07 Å². The Morgan fingerprint density at radius 2 is 1.62 bits per heavy atom. The molecule has 0 aliphatic rings. The minimum atomic E-state index is -0.522. The third-order valence-electron chi connectivity index (χ3n) is 2.32. The average Bonchev–Trinajstić information content (AvgIpc) is 2.10. The summed E-state index contributed by atoms with van der Waals surface area (Å²) in [5.74, 6) is -0.522. The lowest BCUT2D eigenvalue weighted by Crippen LogP contribution is -2.27. The van der Waals surface area contributed by atoms with Crippen LogP contribution >= 0.6 is 35.6 Å². The molecule has 0 heterocycles. The molecule has 5 heteroatoms. The van der Waals surface area contributed by atoms with Crippen molar-refractivity contribution in [2.24, 2.45) is 11.1 Å². The normalized spacial score (nSPS) is 13.2. The van der Waals surface area contributed by atoms with Crippen LogP contribution in [0.1, 0.15) is 32.4 Å². The molecule has 0 amide bonds. The van der Waals surface area contributed by atoms with Crippen LogP contribution in [0.4, 0.5) is 4.39 Å². The van der Waals surface area contributed by atoms with Gasteiger partial charge < -0.3 is 5.73 Å². The summed E-state index contributed by atoms with van der Waals surface area (Å²) in [7, 11) is 0. The van der Waals surface area contributed by atoms with E-state index >= 15 is 0 Å². The van der Waals surface area contributed by atoms with Gasteiger partial charge in [-0.05, 0) is 17.5 Å². The molecular weight excluding hydrogens is 271 g/mol. The van der Waals surface area contributed by atoms with Crippen LogP contribution < -0.4 is 5.73 Å². The zero-order valence-electron chi connectivity index (χ0n) is 9.35. The van der Waals surface area contributed by atoms with Gasteiger partial charge in [0.2, 0.25) is 0 Å². The first kappa shape index (κ1) is 16.0. The Labute approximate surface area is 112 Å². The van der Waals surface area contributed by atoms with Crippen LogP contribution in [0.5, 0.6) is 0 Å². The summed E-state index contributed by atoms with van der Waals surface area (Å²) in [5, 5.41) is 0.369. The Hall–Kier alpha value is -0.0200. The molecule has 1 rings (SSSR count). The lowest BCUT2D eigenvalue weighted by molar-refractivity contribution is 0.319. The van der Waals surface area contributed by atoms with Gasteiger partial charge in [-0.15, -0.1) is 12.4 Å². The number of halogens is 4. The molecule has 0 saturated carbocycles. The van der Waals surface area contributed by atoms with Crippen LogP contribution in [0.2, 0.25) is 10.0 Å². The van der Waals surface area contributed by atoms with Crippen molar-refractivity contribution >= 4 is 35.6 Å². The van der Waals surface area contributed by atoms with Gasteiger partial charge >= 0.3 is 0 Å². The molecule has 0 spiro atoms. The lowest BCUT2D eigenvalue weighted by Gasteiger charge is -2.28. The largest absolute Gasteiger partial charge is 0.323 e. The maximum atomic E-state index is 13.7. The fraction of sp³-hybridized carbons (Fsp3) is 0.455. The van der Waals surface area contributed by atoms with Gasteiger partial charge in [0.25, 0.3) is 0 Å². The zero-order valence-corrected chi connectivity index (χ0v) is 11.7. The summed E-state index contributed by atoms with van der Waals surface area (Å²) in [6.45, 7) is 5.77. The number of benzene rings is 1. The fourth-order valence-corrected chi connectivity index (χ4v) is 1.69. The Morgan fingerprint density at radius 1 is 1.19 bits per heavy atom. The molecule has 0 saturated heterocycles. The zero-order chi connectivity index (χ0) is 11.8. The third kappa shape index (κ3) is 3.24. The van der Waals surface area contributed by atoms with E-state index in [2.05, 4.69) is 0 Å². The number of hydrogen-bond donors (Lipinski definition) is 1. The topological polar surface area (TPSA) is 26.0 Å². The van der Waals surface area contributed by atoms with Gasteiger partial charge in [0.05, 0.1) is 5.02 Å². The molecule has 1 aromatic rings. The Balaban J connectivity index is 0.00000225. The molecule has 0 bridgehead atoms. The van der Waals surface area contributed by atoms with Crippen LogP contribution in [0.25, 0.3) is 0 Å². The van der Waals surface area contributed by atoms with E-state index in [-0.39, 0.29) is 28.4 Å². The Kier molecular flexibility index (Phi) is 5.54. The highest BCUT2D eigenvalue weighted by Crippen LogP contribution is 2.37. The highest BCUT2D eigenvalue weighted by atomic mass is 35.5. The van der Waals surface area contributed by atoms with Crippen molar-refractivity contribution in [3.8, 4) is 0 Å². The summed E-state index contributed by atoms with van der Waals surface area (Å²) >= 11 is 11.6. The summed E-state index contributed by atoms with van der Waals surface area (Å²) in [4.78, 5) is 0. The SMILES string of the molecule is CC(C)(C)[C@@H](N)c1c(Cl)ccc(Cl)c1F.Cl. The van der Waals surface area contributed by atoms with Crippen molar-refractivity contribution in [2.45, 2.75) is 26.8 Å². The molecule has 0 aliphatic heterocycles. The fourth-order valence-electron chi connectivity index (χ4n) is 1.26. The summed E-state index contributed by atoms with van der Waals surface area (Å²) in [6.07, 6.45) is 0. The minimum absolute atomic E-state index is 0. The Morgan fingerprint density at radius 3 is 2.06 bits per heavy atom. The molecule has 1 nitrogen and oxygen atoms in total. The van der Waals surface area contributed by atoms with Crippen LogP contribution in [-0.4, -0.2) is 0 Å². The van der Waals surface area contributed by atoms with Crippen LogP contribution in [-0.2, 0) is 0 Å². The van der Waals surface area contributed by atoms with Gasteiger partial charge in [-0.25, -0.2) is 4.39 Å². The van der Waals surface area contributed by atoms with Crippen molar-refractivity contribution in [1.82, 2.24) is 0 Å². The molecule has 92 valence electrons. The van der Waals surface area contributed by atoms with Gasteiger partial charge in [0, 0.05) is 16.6 Å². The van der Waals surface area contributed by atoms with Gasteiger partial charge in [0.15, 0.2) is 0 Å². The highest BCUT2D eigenvalue weighted by molar-refractivity contribution is 6.33. The maximum Gasteiger partial charge on any atom is 0.148 e. The van der Waals surface area contributed by atoms with Crippen molar-refractivity contribution in [2.75, 3.05) is 0 Å². The minimum Gasteiger partial charge on any atom is -0.323 e.